The number of hydrogen-bond acceptors (Lipinski definition) is 4. The van der Waals surface area contributed by atoms with E-state index in [1.807, 2.05) is 4.90 Å². The van der Waals surface area contributed by atoms with Crippen molar-refractivity contribution in [3.8, 4) is 0 Å². The van der Waals surface area contributed by atoms with Crippen LogP contribution >= 0.6 is 0 Å². The first-order valence-corrected chi connectivity index (χ1v) is 10.7. The quantitative estimate of drug-likeness (QED) is 0.780. The number of aromatic nitrogens is 1. The molecule has 1 aliphatic carbocycles. The van der Waals surface area contributed by atoms with Crippen molar-refractivity contribution in [2.45, 2.75) is 69.6 Å². The molecule has 5 rings (SSSR count). The van der Waals surface area contributed by atoms with Gasteiger partial charge in [-0.2, -0.15) is 0 Å². The van der Waals surface area contributed by atoms with Gasteiger partial charge in [-0.05, 0) is 51.1 Å². The van der Waals surface area contributed by atoms with Gasteiger partial charge in [0.05, 0.1) is 10.9 Å². The van der Waals surface area contributed by atoms with Crippen LogP contribution in [0.15, 0.2) is 17.1 Å². The third kappa shape index (κ3) is 2.92. The highest BCUT2D eigenvalue weighted by molar-refractivity contribution is 5.94. The molecule has 1 aromatic carbocycles. The maximum atomic E-state index is 15.9. The number of carboxylic acids is 1. The Balaban J connectivity index is 1.68. The maximum Gasteiger partial charge on any atom is 0.341 e. The number of benzene rings is 1. The van der Waals surface area contributed by atoms with Gasteiger partial charge in [-0.25, -0.2) is 13.6 Å². The van der Waals surface area contributed by atoms with Crippen molar-refractivity contribution in [1.29, 1.82) is 0 Å². The van der Waals surface area contributed by atoms with Gasteiger partial charge in [0.2, 0.25) is 5.43 Å². The van der Waals surface area contributed by atoms with Crippen molar-refractivity contribution in [3.05, 3.63) is 39.7 Å². The summed E-state index contributed by atoms with van der Waals surface area (Å²) in [5, 5.41) is 12.6. The van der Waals surface area contributed by atoms with Gasteiger partial charge in [0.25, 0.3) is 0 Å². The Morgan fingerprint density at radius 3 is 2.37 bits per heavy atom. The molecule has 3 fully saturated rings. The number of aromatic carboxylic acids is 1. The molecule has 3 aliphatic rings. The minimum absolute atomic E-state index is 0.0251. The third-order valence-electron chi connectivity index (χ3n) is 6.84. The molecular formula is C22H25F2N3O3. The molecule has 1 aromatic heterocycles. The largest absolute Gasteiger partial charge is 0.477 e. The molecule has 1 unspecified atom stereocenters. The van der Waals surface area contributed by atoms with Crippen LogP contribution in [0.1, 0.15) is 61.8 Å². The minimum Gasteiger partial charge on any atom is -0.477 e. The van der Waals surface area contributed by atoms with Gasteiger partial charge in [-0.1, -0.05) is 6.92 Å². The fourth-order valence-electron chi connectivity index (χ4n) is 5.46. The van der Waals surface area contributed by atoms with Gasteiger partial charge in [0.1, 0.15) is 17.1 Å². The summed E-state index contributed by atoms with van der Waals surface area (Å²) in [5.74, 6) is -2.92. The molecule has 8 heteroatoms. The summed E-state index contributed by atoms with van der Waals surface area (Å²) in [7, 11) is 0. The number of nitrogens with zero attached hydrogens (tertiary/aromatic N) is 2. The number of rotatable bonds is 5. The van der Waals surface area contributed by atoms with Crippen LogP contribution in [0.25, 0.3) is 10.9 Å². The highest BCUT2D eigenvalue weighted by Crippen LogP contribution is 2.44. The smallest absolute Gasteiger partial charge is 0.341 e. The van der Waals surface area contributed by atoms with Crippen molar-refractivity contribution in [3.63, 3.8) is 0 Å². The Bertz CT molecular complexity index is 1080. The number of hydrogen-bond donors (Lipinski definition) is 2. The zero-order chi connectivity index (χ0) is 21.2. The summed E-state index contributed by atoms with van der Waals surface area (Å²) in [6.07, 6.45) is 6.21. The second-order valence-electron chi connectivity index (χ2n) is 8.75. The van der Waals surface area contributed by atoms with Gasteiger partial charge >= 0.3 is 5.97 Å². The molecule has 30 heavy (non-hydrogen) atoms. The van der Waals surface area contributed by atoms with Crippen molar-refractivity contribution < 1.29 is 18.7 Å². The highest BCUT2D eigenvalue weighted by Gasteiger charge is 2.43. The number of halogens is 2. The number of piperidine rings is 1. The van der Waals surface area contributed by atoms with E-state index in [0.29, 0.717) is 6.04 Å². The second kappa shape index (κ2) is 7.04. The van der Waals surface area contributed by atoms with E-state index in [1.54, 1.807) is 0 Å². The van der Waals surface area contributed by atoms with Crippen LogP contribution in [0.5, 0.6) is 0 Å². The van der Waals surface area contributed by atoms with Gasteiger partial charge in [0, 0.05) is 30.4 Å². The molecule has 2 aliphatic heterocycles. The molecule has 0 amide bonds. The molecular weight excluding hydrogens is 392 g/mol. The minimum atomic E-state index is -1.38. The molecule has 0 spiro atoms. The van der Waals surface area contributed by atoms with Crippen LogP contribution in [-0.2, 0) is 0 Å². The first-order valence-electron chi connectivity index (χ1n) is 10.7. The maximum absolute atomic E-state index is 15.9. The lowest BCUT2D eigenvalue weighted by Gasteiger charge is -2.41. The molecule has 1 saturated carbocycles. The topological polar surface area (TPSA) is 74.6 Å². The lowest BCUT2D eigenvalue weighted by Crippen LogP contribution is -2.49. The van der Waals surface area contributed by atoms with Crippen molar-refractivity contribution in [1.82, 2.24) is 9.88 Å². The SMILES string of the molecule is CCNC1C[C@H]2CC[C@@H](C1)N2c1c(F)cc2c(=O)c(C(=O)O)cn(C3CC3)c2c1F. The van der Waals surface area contributed by atoms with Crippen molar-refractivity contribution >= 4 is 22.6 Å². The lowest BCUT2D eigenvalue weighted by atomic mass is 9.96. The Kier molecular flexibility index (Phi) is 4.57. The summed E-state index contributed by atoms with van der Waals surface area (Å²) in [6, 6.07) is 1.42. The van der Waals surface area contributed by atoms with Gasteiger partial charge in [-0.3, -0.25) is 4.79 Å². The fourth-order valence-corrected chi connectivity index (χ4v) is 5.46. The Morgan fingerprint density at radius 2 is 1.80 bits per heavy atom. The van der Waals surface area contributed by atoms with Crippen molar-refractivity contribution in [2.75, 3.05) is 11.4 Å². The van der Waals surface area contributed by atoms with Gasteiger partial charge in [0.15, 0.2) is 5.82 Å². The first kappa shape index (κ1) is 19.5. The van der Waals surface area contributed by atoms with E-state index in [4.69, 9.17) is 0 Å². The number of carboxylic acid groups (broad SMARTS) is 1. The van der Waals surface area contributed by atoms with Crippen molar-refractivity contribution in [2.24, 2.45) is 0 Å². The summed E-state index contributed by atoms with van der Waals surface area (Å²) in [6.45, 7) is 2.92. The average Bonchev–Trinajstić information content (AvgIpc) is 3.49. The molecule has 2 bridgehead atoms. The number of fused-ring (bicyclic) bond motifs is 3. The predicted molar refractivity (Wildman–Crippen MR) is 109 cm³/mol. The van der Waals surface area contributed by atoms with E-state index in [9.17, 15) is 14.7 Å². The lowest BCUT2D eigenvalue weighted by molar-refractivity contribution is 0.0695. The summed E-state index contributed by atoms with van der Waals surface area (Å²) >= 11 is 0. The van der Waals surface area contributed by atoms with Crippen LogP contribution in [0.4, 0.5) is 14.5 Å². The zero-order valence-electron chi connectivity index (χ0n) is 16.8. The van der Waals surface area contributed by atoms with Crippen LogP contribution < -0.4 is 15.6 Å². The molecule has 3 heterocycles. The third-order valence-corrected chi connectivity index (χ3v) is 6.84. The molecule has 160 valence electrons. The molecule has 3 atom stereocenters. The highest BCUT2D eigenvalue weighted by atomic mass is 19.1. The predicted octanol–water partition coefficient (Wildman–Crippen LogP) is 3.42. The van der Waals surface area contributed by atoms with Crippen LogP contribution in [0, 0.1) is 11.6 Å². The fraction of sp³-hybridized carbons (Fsp3) is 0.545. The molecule has 6 nitrogen and oxygen atoms in total. The molecule has 2 saturated heterocycles. The van der Waals surface area contributed by atoms with E-state index in [2.05, 4.69) is 12.2 Å². The Labute approximate surface area is 172 Å². The zero-order valence-corrected chi connectivity index (χ0v) is 16.8. The number of carbonyl (C=O) groups is 1. The normalized spacial score (nSPS) is 25.8. The van der Waals surface area contributed by atoms with Crippen LogP contribution in [0.2, 0.25) is 0 Å². The second-order valence-corrected chi connectivity index (χ2v) is 8.75. The van der Waals surface area contributed by atoms with E-state index >= 15 is 8.78 Å². The summed E-state index contributed by atoms with van der Waals surface area (Å²) in [5.41, 5.74) is -1.33. The monoisotopic (exact) mass is 417 g/mol. The van der Waals surface area contributed by atoms with Gasteiger partial charge < -0.3 is 19.9 Å². The van der Waals surface area contributed by atoms with E-state index in [1.165, 1.54) is 10.8 Å². The van der Waals surface area contributed by atoms with E-state index in [0.717, 1.165) is 51.1 Å². The van der Waals surface area contributed by atoms with Crippen LogP contribution in [0.3, 0.4) is 0 Å². The Hall–Kier alpha value is -2.48. The average molecular weight is 417 g/mol. The van der Waals surface area contributed by atoms with E-state index < -0.39 is 28.6 Å². The molecule has 2 aromatic rings. The first-order chi connectivity index (χ1) is 14.4. The summed E-state index contributed by atoms with van der Waals surface area (Å²) in [4.78, 5) is 26.1. The summed E-state index contributed by atoms with van der Waals surface area (Å²) < 4.78 is 32.7. The molecule has 2 N–H and O–H groups in total. The van der Waals surface area contributed by atoms with E-state index in [-0.39, 0.29) is 34.7 Å². The number of pyridine rings is 1. The number of anilines is 1. The van der Waals surface area contributed by atoms with Gasteiger partial charge in [-0.15, -0.1) is 0 Å². The van der Waals surface area contributed by atoms with Crippen LogP contribution in [-0.4, -0.2) is 40.3 Å². The molecule has 0 radical (unpaired) electrons. The Morgan fingerprint density at radius 1 is 1.17 bits per heavy atom. The number of nitrogens with one attached hydrogen (secondary N) is 1. The standard InChI is InChI=1S/C22H25F2N3O3/c1-2-25-11-7-13-5-6-14(8-11)27(13)20-17(23)9-15-19(18(20)24)26(12-3-4-12)10-16(21(15)28)22(29)30/h9-14,25H,2-8H2,1H3,(H,29,30)/t11?,13-,14+.